The SMILES string of the molecule is Cc1ccc(S(=O)(=O)N(C)C2CCCC2)cc1CO. The van der Waals surface area contributed by atoms with Gasteiger partial charge < -0.3 is 5.11 Å². The molecule has 2 rings (SSSR count). The lowest BCUT2D eigenvalue weighted by Gasteiger charge is -2.24. The minimum absolute atomic E-state index is 0.115. The van der Waals surface area contributed by atoms with Gasteiger partial charge in [-0.25, -0.2) is 8.42 Å². The Hall–Kier alpha value is -0.910. The van der Waals surface area contributed by atoms with Gasteiger partial charge in [0.05, 0.1) is 11.5 Å². The van der Waals surface area contributed by atoms with Crippen molar-refractivity contribution in [1.82, 2.24) is 4.31 Å². The first-order chi connectivity index (χ1) is 8.96. The summed E-state index contributed by atoms with van der Waals surface area (Å²) in [6, 6.07) is 5.07. The predicted octanol–water partition coefficient (Wildman–Crippen LogP) is 2.05. The van der Waals surface area contributed by atoms with Crippen molar-refractivity contribution in [2.24, 2.45) is 0 Å². The van der Waals surface area contributed by atoms with Gasteiger partial charge in [-0.05, 0) is 43.0 Å². The predicted molar refractivity (Wildman–Crippen MR) is 74.3 cm³/mol. The molecular weight excluding hydrogens is 262 g/mol. The molecule has 0 amide bonds. The van der Waals surface area contributed by atoms with Gasteiger partial charge in [-0.3, -0.25) is 0 Å². The van der Waals surface area contributed by atoms with Crippen LogP contribution in [0, 0.1) is 6.92 Å². The highest BCUT2D eigenvalue weighted by atomic mass is 32.2. The molecule has 0 spiro atoms. The van der Waals surface area contributed by atoms with E-state index in [9.17, 15) is 13.5 Å². The average molecular weight is 283 g/mol. The fourth-order valence-electron chi connectivity index (χ4n) is 2.61. The van der Waals surface area contributed by atoms with Crippen LogP contribution in [0.1, 0.15) is 36.8 Å². The quantitative estimate of drug-likeness (QED) is 0.920. The van der Waals surface area contributed by atoms with Crippen molar-refractivity contribution in [1.29, 1.82) is 0 Å². The van der Waals surface area contributed by atoms with Crippen molar-refractivity contribution >= 4 is 10.0 Å². The summed E-state index contributed by atoms with van der Waals surface area (Å²) in [6.45, 7) is 1.73. The molecule has 1 aliphatic rings. The zero-order chi connectivity index (χ0) is 14.0. The molecule has 0 bridgehead atoms. The van der Waals surface area contributed by atoms with Gasteiger partial charge in [-0.2, -0.15) is 4.31 Å². The number of aryl methyl sites for hydroxylation is 1. The standard InChI is InChI=1S/C14H21NO3S/c1-11-7-8-14(9-12(11)10-16)19(17,18)15(2)13-5-3-4-6-13/h7-9,13,16H,3-6,10H2,1-2H3. The minimum Gasteiger partial charge on any atom is -0.392 e. The number of hydrogen-bond acceptors (Lipinski definition) is 3. The number of sulfonamides is 1. The second-order valence-corrected chi connectivity index (χ2v) is 7.20. The summed E-state index contributed by atoms with van der Waals surface area (Å²) >= 11 is 0. The monoisotopic (exact) mass is 283 g/mol. The van der Waals surface area contributed by atoms with Crippen molar-refractivity contribution in [3.63, 3.8) is 0 Å². The molecule has 5 heteroatoms. The molecule has 4 nitrogen and oxygen atoms in total. The molecule has 0 heterocycles. The second kappa shape index (κ2) is 5.61. The van der Waals surface area contributed by atoms with Crippen LogP contribution in [0.3, 0.4) is 0 Å². The molecule has 0 atom stereocenters. The van der Waals surface area contributed by atoms with E-state index in [1.54, 1.807) is 25.2 Å². The van der Waals surface area contributed by atoms with Gasteiger partial charge in [-0.15, -0.1) is 0 Å². The smallest absolute Gasteiger partial charge is 0.243 e. The molecule has 0 aliphatic heterocycles. The van der Waals surface area contributed by atoms with Gasteiger partial charge in [0.1, 0.15) is 0 Å². The largest absolute Gasteiger partial charge is 0.392 e. The van der Waals surface area contributed by atoms with Crippen LogP contribution in [-0.2, 0) is 16.6 Å². The van der Waals surface area contributed by atoms with Crippen molar-refractivity contribution in [2.45, 2.75) is 50.2 Å². The van der Waals surface area contributed by atoms with E-state index >= 15 is 0 Å². The molecule has 1 fully saturated rings. The second-order valence-electron chi connectivity index (χ2n) is 5.21. The molecule has 0 radical (unpaired) electrons. The first-order valence-corrected chi connectivity index (χ1v) is 8.09. The first kappa shape index (κ1) is 14.5. The van der Waals surface area contributed by atoms with Crippen LogP contribution in [0.2, 0.25) is 0 Å². The third kappa shape index (κ3) is 2.83. The Balaban J connectivity index is 2.33. The van der Waals surface area contributed by atoms with Crippen molar-refractivity contribution in [2.75, 3.05) is 7.05 Å². The molecule has 0 saturated heterocycles. The Labute approximate surface area is 115 Å². The van der Waals surface area contributed by atoms with E-state index in [-0.39, 0.29) is 17.5 Å². The number of aliphatic hydroxyl groups is 1. The van der Waals surface area contributed by atoms with Crippen LogP contribution in [0.4, 0.5) is 0 Å². The summed E-state index contributed by atoms with van der Waals surface area (Å²) in [5.41, 5.74) is 1.57. The van der Waals surface area contributed by atoms with Gasteiger partial charge in [0.25, 0.3) is 0 Å². The van der Waals surface area contributed by atoms with Gasteiger partial charge in [0, 0.05) is 13.1 Å². The van der Waals surface area contributed by atoms with Gasteiger partial charge in [0.2, 0.25) is 10.0 Å². The van der Waals surface area contributed by atoms with E-state index in [1.165, 1.54) is 4.31 Å². The zero-order valence-corrected chi connectivity index (χ0v) is 12.3. The van der Waals surface area contributed by atoms with E-state index in [2.05, 4.69) is 0 Å². The first-order valence-electron chi connectivity index (χ1n) is 6.65. The molecule has 1 N–H and O–H groups in total. The molecule has 1 aromatic carbocycles. The number of nitrogens with zero attached hydrogens (tertiary/aromatic N) is 1. The number of hydrogen-bond donors (Lipinski definition) is 1. The fourth-order valence-corrected chi connectivity index (χ4v) is 4.08. The molecule has 19 heavy (non-hydrogen) atoms. The van der Waals surface area contributed by atoms with Crippen LogP contribution in [0.5, 0.6) is 0 Å². The number of aliphatic hydroxyl groups excluding tert-OH is 1. The number of benzene rings is 1. The topological polar surface area (TPSA) is 57.6 Å². The van der Waals surface area contributed by atoms with Gasteiger partial charge in [0.15, 0.2) is 0 Å². The third-order valence-electron chi connectivity index (χ3n) is 4.01. The van der Waals surface area contributed by atoms with Crippen LogP contribution in [0.15, 0.2) is 23.1 Å². The molecular formula is C14H21NO3S. The maximum Gasteiger partial charge on any atom is 0.243 e. The summed E-state index contributed by atoms with van der Waals surface area (Å²) < 4.78 is 26.6. The number of rotatable bonds is 4. The Morgan fingerprint density at radius 1 is 1.32 bits per heavy atom. The normalized spacial score (nSPS) is 17.3. The maximum atomic E-state index is 12.5. The highest BCUT2D eigenvalue weighted by molar-refractivity contribution is 7.89. The molecule has 0 unspecified atom stereocenters. The van der Waals surface area contributed by atoms with E-state index in [0.717, 1.165) is 31.2 Å². The Morgan fingerprint density at radius 2 is 1.95 bits per heavy atom. The average Bonchev–Trinajstić information content (AvgIpc) is 2.91. The van der Waals surface area contributed by atoms with Crippen LogP contribution in [-0.4, -0.2) is 30.9 Å². The van der Waals surface area contributed by atoms with Crippen LogP contribution < -0.4 is 0 Å². The summed E-state index contributed by atoms with van der Waals surface area (Å²) in [5, 5.41) is 9.25. The lowest BCUT2D eigenvalue weighted by atomic mass is 10.1. The summed E-state index contributed by atoms with van der Waals surface area (Å²) in [4.78, 5) is 0.275. The molecule has 1 aromatic rings. The van der Waals surface area contributed by atoms with E-state index < -0.39 is 10.0 Å². The highest BCUT2D eigenvalue weighted by Crippen LogP contribution is 2.27. The van der Waals surface area contributed by atoms with Gasteiger partial charge >= 0.3 is 0 Å². The maximum absolute atomic E-state index is 12.5. The summed E-state index contributed by atoms with van der Waals surface area (Å²) in [7, 11) is -1.79. The van der Waals surface area contributed by atoms with Crippen molar-refractivity contribution in [3.8, 4) is 0 Å². The highest BCUT2D eigenvalue weighted by Gasteiger charge is 2.30. The van der Waals surface area contributed by atoms with Crippen molar-refractivity contribution in [3.05, 3.63) is 29.3 Å². The zero-order valence-electron chi connectivity index (χ0n) is 11.5. The fraction of sp³-hybridized carbons (Fsp3) is 0.571. The summed E-state index contributed by atoms with van der Waals surface area (Å²) in [5.74, 6) is 0. The van der Waals surface area contributed by atoms with Gasteiger partial charge in [-0.1, -0.05) is 18.9 Å². The third-order valence-corrected chi connectivity index (χ3v) is 5.91. The Kier molecular flexibility index (Phi) is 4.28. The van der Waals surface area contributed by atoms with E-state index in [4.69, 9.17) is 0 Å². The van der Waals surface area contributed by atoms with E-state index in [0.29, 0.717) is 5.56 Å². The molecule has 1 aliphatic carbocycles. The molecule has 106 valence electrons. The van der Waals surface area contributed by atoms with E-state index in [1.807, 2.05) is 6.92 Å². The van der Waals surface area contributed by atoms with Crippen LogP contribution >= 0.6 is 0 Å². The lowest BCUT2D eigenvalue weighted by Crippen LogP contribution is -2.35. The van der Waals surface area contributed by atoms with Crippen molar-refractivity contribution < 1.29 is 13.5 Å². The molecule has 0 aromatic heterocycles. The molecule has 1 saturated carbocycles. The Bertz CT molecular complexity index is 548. The Morgan fingerprint density at radius 3 is 2.53 bits per heavy atom. The minimum atomic E-state index is -3.45. The lowest BCUT2D eigenvalue weighted by molar-refractivity contribution is 0.280. The summed E-state index contributed by atoms with van der Waals surface area (Å²) in [6.07, 6.45) is 4.07. The van der Waals surface area contributed by atoms with Crippen LogP contribution in [0.25, 0.3) is 0 Å².